The van der Waals surface area contributed by atoms with Gasteiger partial charge >= 0.3 is 284 Å². The third-order valence-electron chi connectivity index (χ3n) is 11.3. The van der Waals surface area contributed by atoms with Gasteiger partial charge in [0, 0.05) is 0 Å². The molecule has 48 heavy (non-hydrogen) atoms. The molecule has 2 aliphatic carbocycles. The molecule has 6 rings (SSSR count). The molecule has 0 nitrogen and oxygen atoms in total. The molecule has 4 heteroatoms. The van der Waals surface area contributed by atoms with E-state index in [9.17, 15) is 0 Å². The van der Waals surface area contributed by atoms with E-state index in [1.807, 2.05) is 0 Å². The van der Waals surface area contributed by atoms with E-state index in [1.165, 1.54) is 61.2 Å². The molecule has 0 aliphatic heterocycles. The van der Waals surface area contributed by atoms with Crippen molar-refractivity contribution >= 4 is 43.8 Å². The Labute approximate surface area is 306 Å². The molecule has 0 saturated carbocycles. The minimum Gasteiger partial charge on any atom is -0.147 e. The van der Waals surface area contributed by atoms with Gasteiger partial charge in [-0.15, -0.1) is 24.8 Å². The van der Waals surface area contributed by atoms with Gasteiger partial charge in [-0.2, -0.15) is 0 Å². The molecule has 4 aromatic rings. The summed E-state index contributed by atoms with van der Waals surface area (Å²) >= 11 is -3.72. The van der Waals surface area contributed by atoms with Crippen LogP contribution in [0, 0.1) is 33.6 Å². The van der Waals surface area contributed by atoms with Crippen molar-refractivity contribution in [1.82, 2.24) is 0 Å². The summed E-state index contributed by atoms with van der Waals surface area (Å²) in [4.78, 5) is 0. The second kappa shape index (κ2) is 13.3. The molecule has 2 atom stereocenters. The maximum atomic E-state index is 2.78. The van der Waals surface area contributed by atoms with Crippen LogP contribution in [0.15, 0.2) is 77.9 Å². The van der Waals surface area contributed by atoms with E-state index in [2.05, 4.69) is 164 Å². The Morgan fingerprint density at radius 3 is 1.85 bits per heavy atom. The van der Waals surface area contributed by atoms with Gasteiger partial charge in [-0.3, -0.25) is 0 Å². The van der Waals surface area contributed by atoms with E-state index in [0.717, 1.165) is 0 Å². The van der Waals surface area contributed by atoms with Crippen molar-refractivity contribution in [2.45, 2.75) is 91.2 Å². The van der Waals surface area contributed by atoms with Gasteiger partial charge in [0.05, 0.1) is 0 Å². The van der Waals surface area contributed by atoms with Gasteiger partial charge in [0.15, 0.2) is 0 Å². The van der Waals surface area contributed by atoms with Gasteiger partial charge in [0.25, 0.3) is 0 Å². The van der Waals surface area contributed by atoms with Crippen LogP contribution < -0.4 is 0 Å². The number of allylic oxidation sites excluding steroid dienone is 2. The zero-order valence-corrected chi connectivity index (χ0v) is 36.8. The van der Waals surface area contributed by atoms with Gasteiger partial charge in [-0.25, -0.2) is 0 Å². The average molecular weight is 775 g/mol. The standard InChI is InChI=1S/C22H25.C20H21.2CH3.2ClH.H2Si.Zr/c1-15(2)18-13-17-7-6-8-20(21(17)14-18)16-9-11-19(12-10-16)22(3,4)5;1-12-8-15(4)20(16(5)9-12)17-7-6-14(3)18-10-13(2)11-19(17)18;;;;;;/h6-15H,1-5H3;6-11H,1-5H3;2*1H3;2*1H;1H2;. The van der Waals surface area contributed by atoms with Crippen molar-refractivity contribution in [1.29, 1.82) is 0 Å². The Morgan fingerprint density at radius 2 is 1.29 bits per heavy atom. The summed E-state index contributed by atoms with van der Waals surface area (Å²) in [6.07, 6.45) is 5.19. The van der Waals surface area contributed by atoms with E-state index >= 15 is 0 Å². The topological polar surface area (TPSA) is 0 Å². The van der Waals surface area contributed by atoms with E-state index in [0.29, 0.717) is 13.2 Å². The van der Waals surface area contributed by atoms with Crippen molar-refractivity contribution in [3.05, 3.63) is 128 Å². The maximum Gasteiger partial charge on any atom is -0.147 e. The zero-order valence-electron chi connectivity index (χ0n) is 31.3. The van der Waals surface area contributed by atoms with Crippen LogP contribution in [0.25, 0.3) is 34.4 Å². The Bertz CT molecular complexity index is 2010. The van der Waals surface area contributed by atoms with Gasteiger partial charge in [-0.1, -0.05) is 0 Å². The van der Waals surface area contributed by atoms with E-state index in [1.54, 1.807) is 22.3 Å². The fourth-order valence-corrected chi connectivity index (χ4v) is 30.0. The monoisotopic (exact) mass is 772 g/mol. The molecule has 254 valence electrons. The summed E-state index contributed by atoms with van der Waals surface area (Å²) in [5.41, 5.74) is 22.0. The Hall–Kier alpha value is -1.96. The molecule has 0 spiro atoms. The Kier molecular flexibility index (Phi) is 10.8. The number of hydrogen-bond acceptors (Lipinski definition) is 0. The van der Waals surface area contributed by atoms with Crippen LogP contribution in [0.5, 0.6) is 0 Å². The molecule has 2 aliphatic rings. The van der Waals surface area contributed by atoms with Crippen LogP contribution in [0.2, 0.25) is 9.26 Å². The second-order valence-electron chi connectivity index (χ2n) is 17.2. The van der Waals surface area contributed by atoms with Crippen LogP contribution in [0.3, 0.4) is 0 Å². The summed E-state index contributed by atoms with van der Waals surface area (Å²) < 4.78 is 6.58. The molecule has 2 unspecified atom stereocenters. The first-order valence-electron chi connectivity index (χ1n) is 17.3. The van der Waals surface area contributed by atoms with Crippen LogP contribution in [-0.4, -0.2) is 6.88 Å². The summed E-state index contributed by atoms with van der Waals surface area (Å²) in [6, 6.07) is 26.1. The van der Waals surface area contributed by atoms with Crippen molar-refractivity contribution in [2.24, 2.45) is 5.92 Å². The molecule has 0 saturated heterocycles. The predicted molar refractivity (Wildman–Crippen MR) is 218 cm³/mol. The third kappa shape index (κ3) is 6.38. The van der Waals surface area contributed by atoms with Gasteiger partial charge in [-0.05, 0) is 0 Å². The third-order valence-corrected chi connectivity index (χ3v) is 28.9. The van der Waals surface area contributed by atoms with Crippen LogP contribution in [0.4, 0.5) is 0 Å². The molecule has 0 fully saturated rings. The zero-order chi connectivity index (χ0) is 33.5. The van der Waals surface area contributed by atoms with Crippen molar-refractivity contribution in [3.8, 4) is 22.3 Å². The van der Waals surface area contributed by atoms with E-state index < -0.39 is 17.4 Å². The van der Waals surface area contributed by atoms with Crippen LogP contribution >= 0.6 is 24.8 Å². The van der Waals surface area contributed by atoms with Crippen molar-refractivity contribution in [2.75, 3.05) is 0 Å². The number of rotatable bonds is 5. The average Bonchev–Trinajstić information content (AvgIpc) is 3.54. The fourth-order valence-electron chi connectivity index (χ4n) is 9.42. The Balaban J connectivity index is 0.00000260. The number of aryl methyl sites for hydroxylation is 4. The van der Waals surface area contributed by atoms with Gasteiger partial charge in [0.1, 0.15) is 0 Å². The van der Waals surface area contributed by atoms with E-state index in [4.69, 9.17) is 0 Å². The molecule has 0 N–H and O–H groups in total. The van der Waals surface area contributed by atoms with E-state index in [-0.39, 0.29) is 30.2 Å². The van der Waals surface area contributed by atoms with Crippen LogP contribution in [0.1, 0.15) is 98.9 Å². The molecule has 0 aromatic heterocycles. The molecule has 0 bridgehead atoms. The molecular formula is C44H56Cl2SiZr. The smallest absolute Gasteiger partial charge is 0.147 e. The van der Waals surface area contributed by atoms with Crippen molar-refractivity contribution in [3.63, 3.8) is 0 Å². The summed E-state index contributed by atoms with van der Waals surface area (Å²) in [7, 11) is 0. The number of fused-ring (bicyclic) bond motifs is 2. The maximum absolute atomic E-state index is 3.72. The first-order valence-corrected chi connectivity index (χ1v) is 31.0. The second-order valence-corrected chi connectivity index (χ2v) is 47.6. The van der Waals surface area contributed by atoms with Crippen molar-refractivity contribution < 1.29 is 17.4 Å². The molecule has 0 amide bonds. The summed E-state index contributed by atoms with van der Waals surface area (Å²) in [5, 5.41) is 0. The summed E-state index contributed by atoms with van der Waals surface area (Å²) in [5.74, 6) is 0.501. The van der Waals surface area contributed by atoms with Crippen LogP contribution in [-0.2, 0) is 22.8 Å². The normalized spacial score (nSPS) is 17.3. The van der Waals surface area contributed by atoms with Gasteiger partial charge in [0.2, 0.25) is 0 Å². The molecular weight excluding hydrogens is 719 g/mol. The minimum absolute atomic E-state index is 0. The summed E-state index contributed by atoms with van der Waals surface area (Å²) in [6.45, 7) is 25.8. The molecule has 0 heterocycles. The fraction of sp³-hybridized carbons (Fsp3) is 0.364. The molecule has 0 radical (unpaired) electrons. The van der Waals surface area contributed by atoms with Gasteiger partial charge < -0.3 is 0 Å². The minimum atomic E-state index is -3.72. The quantitative estimate of drug-likeness (QED) is 0.177. The Morgan fingerprint density at radius 1 is 0.688 bits per heavy atom. The largest absolute Gasteiger partial charge is 0.147 e. The first kappa shape index (κ1) is 38.8. The number of halogens is 2. The number of hydrogen-bond donors (Lipinski definition) is 0. The molecule has 4 aromatic carbocycles. The number of benzene rings is 4. The first-order chi connectivity index (χ1) is 21.4. The SMILES string of the molecule is CC1=Cc2c(-c3c(C)cc(C)cc3C)ccc(C)c2[CH]1[Zr]([CH3])([CH3])(=[SiH2])[CH]1C(C(C)C)=Cc2c(-c3ccc(C(C)(C)C)cc3)cccc21.Cl.Cl. The predicted octanol–water partition coefficient (Wildman–Crippen LogP) is 13.0.